The molecule has 1 aromatic rings. The van der Waals surface area contributed by atoms with E-state index in [-0.39, 0.29) is 10.7 Å². The summed E-state index contributed by atoms with van der Waals surface area (Å²) < 4.78 is -0.103. The van der Waals surface area contributed by atoms with Gasteiger partial charge in [0.2, 0.25) is 5.91 Å². The highest BCUT2D eigenvalue weighted by Gasteiger charge is 2.20. The number of piperazine rings is 1. The van der Waals surface area contributed by atoms with E-state index in [0.717, 1.165) is 57.8 Å². The Hall–Kier alpha value is -1.67. The highest BCUT2D eigenvalue weighted by atomic mass is 16.6. The second-order valence-electron chi connectivity index (χ2n) is 8.39. The number of carbonyl (C=O) groups excluding carboxylic acids is 1. The molecule has 1 fully saturated rings. The number of hydrogen-bond donors (Lipinski definition) is 3. The zero-order chi connectivity index (χ0) is 20.6. The summed E-state index contributed by atoms with van der Waals surface area (Å²) in [5.74, 6) is 0.415. The minimum absolute atomic E-state index is 0.0408. The molecule has 7 heteroatoms. The molecule has 1 atom stereocenters. The fourth-order valence-electron chi connectivity index (χ4n) is 3.77. The Bertz CT molecular complexity index is 613. The normalized spacial score (nSPS) is 17.6. The standard InChI is InChI=1S/C21H37N5O2/c1-18(2)17-26(4,28)22-10-5-6-11-24-12-14-25(15-13-24)21-9-7-8-20(16-21)23-19(3)27/h7-9,16,18,22,28H,5-6,10-15,17H2,1-4H3/p+1. The van der Waals surface area contributed by atoms with Crippen LogP contribution in [-0.4, -0.2) is 73.6 Å². The molecular weight excluding hydrogens is 354 g/mol. The quantitative estimate of drug-likeness (QED) is 0.324. The molecule has 0 spiro atoms. The lowest BCUT2D eigenvalue weighted by Crippen LogP contribution is -2.54. The highest BCUT2D eigenvalue weighted by molar-refractivity contribution is 5.89. The molecule has 0 aliphatic carbocycles. The monoisotopic (exact) mass is 392 g/mol. The zero-order valence-corrected chi connectivity index (χ0v) is 17.9. The summed E-state index contributed by atoms with van der Waals surface area (Å²) in [7, 11) is 1.81. The van der Waals surface area contributed by atoms with Crippen LogP contribution in [0.15, 0.2) is 24.3 Å². The van der Waals surface area contributed by atoms with Crippen LogP contribution >= 0.6 is 0 Å². The van der Waals surface area contributed by atoms with Gasteiger partial charge in [0, 0.05) is 56.9 Å². The third-order valence-corrected chi connectivity index (χ3v) is 4.98. The molecule has 3 N–H and O–H groups in total. The van der Waals surface area contributed by atoms with Crippen LogP contribution in [-0.2, 0) is 4.79 Å². The first kappa shape index (κ1) is 22.6. The maximum Gasteiger partial charge on any atom is 0.221 e. The second kappa shape index (κ2) is 10.8. The maximum atomic E-state index is 11.2. The largest absolute Gasteiger partial charge is 0.369 e. The Labute approximate surface area is 169 Å². The first-order valence-electron chi connectivity index (χ1n) is 10.4. The van der Waals surface area contributed by atoms with Crippen LogP contribution in [0.3, 0.4) is 0 Å². The molecule has 28 heavy (non-hydrogen) atoms. The summed E-state index contributed by atoms with van der Waals surface area (Å²) in [4.78, 5) is 16.1. The van der Waals surface area contributed by atoms with Crippen molar-refractivity contribution in [1.29, 1.82) is 0 Å². The average Bonchev–Trinajstić information content (AvgIpc) is 2.60. The van der Waals surface area contributed by atoms with Gasteiger partial charge in [-0.05, 0) is 37.6 Å². The van der Waals surface area contributed by atoms with Crippen LogP contribution in [0.4, 0.5) is 11.4 Å². The topological polar surface area (TPSA) is 67.8 Å². The van der Waals surface area contributed by atoms with Crippen LogP contribution in [0, 0.1) is 5.92 Å². The van der Waals surface area contributed by atoms with Crippen molar-refractivity contribution in [3.05, 3.63) is 24.3 Å². The number of benzene rings is 1. The number of anilines is 2. The lowest BCUT2D eigenvalue weighted by atomic mass is 10.2. The number of quaternary nitrogens is 1. The van der Waals surface area contributed by atoms with Gasteiger partial charge in [-0.15, -0.1) is 10.2 Å². The van der Waals surface area contributed by atoms with E-state index in [9.17, 15) is 10.0 Å². The van der Waals surface area contributed by atoms with E-state index in [0.29, 0.717) is 12.5 Å². The molecule has 0 aromatic heterocycles. The SMILES string of the molecule is CC(=O)Nc1cccc(N2CCN(CCCCN[N+](C)(O)CC(C)C)CC2)c1. The third kappa shape index (κ3) is 8.14. The molecule has 1 aliphatic rings. The second-order valence-corrected chi connectivity index (χ2v) is 8.39. The summed E-state index contributed by atoms with van der Waals surface area (Å²) >= 11 is 0. The number of carbonyl (C=O) groups is 1. The van der Waals surface area contributed by atoms with Gasteiger partial charge < -0.3 is 10.2 Å². The van der Waals surface area contributed by atoms with Crippen molar-refractivity contribution in [2.45, 2.75) is 33.6 Å². The predicted octanol–water partition coefficient (Wildman–Crippen LogP) is 2.54. The predicted molar refractivity (Wildman–Crippen MR) is 114 cm³/mol. The fraction of sp³-hybridized carbons (Fsp3) is 0.667. The number of amides is 1. The van der Waals surface area contributed by atoms with Gasteiger partial charge in [-0.1, -0.05) is 19.9 Å². The lowest BCUT2D eigenvalue weighted by molar-refractivity contribution is -1.12. The average molecular weight is 393 g/mol. The number of unbranched alkanes of at least 4 members (excludes halogenated alkanes) is 1. The molecule has 0 saturated carbocycles. The van der Waals surface area contributed by atoms with Gasteiger partial charge in [0.25, 0.3) is 0 Å². The zero-order valence-electron chi connectivity index (χ0n) is 17.9. The van der Waals surface area contributed by atoms with Gasteiger partial charge in [-0.25, -0.2) is 0 Å². The number of hydrogen-bond acceptors (Lipinski definition) is 5. The fourth-order valence-corrected chi connectivity index (χ4v) is 3.77. The van der Waals surface area contributed by atoms with Gasteiger partial charge in [0.1, 0.15) is 13.6 Å². The molecule has 7 nitrogen and oxygen atoms in total. The van der Waals surface area contributed by atoms with Crippen molar-refractivity contribution in [2.75, 3.05) is 63.1 Å². The molecule has 0 radical (unpaired) electrons. The van der Waals surface area contributed by atoms with Crippen LogP contribution in [0.25, 0.3) is 0 Å². The molecule has 158 valence electrons. The van der Waals surface area contributed by atoms with Crippen molar-refractivity contribution in [3.8, 4) is 0 Å². The van der Waals surface area contributed by atoms with Crippen LogP contribution in [0.1, 0.15) is 33.6 Å². The van der Waals surface area contributed by atoms with E-state index < -0.39 is 0 Å². The number of nitrogens with one attached hydrogen (secondary N) is 2. The van der Waals surface area contributed by atoms with E-state index >= 15 is 0 Å². The molecule has 1 amide bonds. The smallest absolute Gasteiger partial charge is 0.221 e. The molecular formula is C21H38N5O2+. The first-order valence-corrected chi connectivity index (χ1v) is 10.4. The maximum absolute atomic E-state index is 11.2. The summed E-state index contributed by atoms with van der Waals surface area (Å²) in [6.07, 6.45) is 2.19. The molecule has 2 rings (SSSR count). The highest BCUT2D eigenvalue weighted by Crippen LogP contribution is 2.21. The molecule has 1 aliphatic heterocycles. The Balaban J connectivity index is 1.65. The van der Waals surface area contributed by atoms with Crippen LogP contribution in [0.2, 0.25) is 0 Å². The minimum Gasteiger partial charge on any atom is -0.369 e. The summed E-state index contributed by atoms with van der Waals surface area (Å²) in [5, 5.41) is 13.1. The van der Waals surface area contributed by atoms with Gasteiger partial charge in [-0.2, -0.15) is 5.21 Å². The van der Waals surface area contributed by atoms with E-state index in [1.165, 1.54) is 12.6 Å². The van der Waals surface area contributed by atoms with Crippen molar-refractivity contribution in [2.24, 2.45) is 5.92 Å². The minimum atomic E-state index is -0.103. The van der Waals surface area contributed by atoms with E-state index in [1.54, 1.807) is 7.05 Å². The van der Waals surface area contributed by atoms with Gasteiger partial charge in [-0.3, -0.25) is 9.69 Å². The van der Waals surface area contributed by atoms with Gasteiger partial charge in [0.15, 0.2) is 0 Å². The Morgan fingerprint density at radius 1 is 1.21 bits per heavy atom. The summed E-state index contributed by atoms with van der Waals surface area (Å²) in [6, 6.07) is 8.07. The van der Waals surface area contributed by atoms with E-state index in [2.05, 4.69) is 40.5 Å². The Morgan fingerprint density at radius 2 is 1.93 bits per heavy atom. The number of rotatable bonds is 10. The van der Waals surface area contributed by atoms with Crippen molar-refractivity contribution < 1.29 is 14.8 Å². The molecule has 1 heterocycles. The van der Waals surface area contributed by atoms with Crippen LogP contribution in [0.5, 0.6) is 0 Å². The lowest BCUT2D eigenvalue weighted by Gasteiger charge is -2.36. The van der Waals surface area contributed by atoms with Crippen molar-refractivity contribution >= 4 is 17.3 Å². The number of nitrogens with zero attached hydrogens (tertiary/aromatic N) is 3. The third-order valence-electron chi connectivity index (χ3n) is 4.98. The van der Waals surface area contributed by atoms with E-state index in [4.69, 9.17) is 0 Å². The van der Waals surface area contributed by atoms with Crippen molar-refractivity contribution in [1.82, 2.24) is 10.3 Å². The first-order chi connectivity index (χ1) is 13.2. The number of hydroxylamine groups is 2. The van der Waals surface area contributed by atoms with Crippen LogP contribution < -0.4 is 15.6 Å². The molecule has 0 bridgehead atoms. The summed E-state index contributed by atoms with van der Waals surface area (Å²) in [5.41, 5.74) is 5.23. The van der Waals surface area contributed by atoms with Gasteiger partial charge >= 0.3 is 0 Å². The molecule has 1 aromatic carbocycles. The van der Waals surface area contributed by atoms with Gasteiger partial charge in [0.05, 0.1) is 0 Å². The summed E-state index contributed by atoms with van der Waals surface area (Å²) in [6.45, 7) is 12.5. The van der Waals surface area contributed by atoms with Crippen molar-refractivity contribution in [3.63, 3.8) is 0 Å². The molecule has 1 unspecified atom stereocenters. The van der Waals surface area contributed by atoms with E-state index in [1.807, 2.05) is 18.2 Å². The molecule has 1 saturated heterocycles. The Kier molecular flexibility index (Phi) is 8.69. The Morgan fingerprint density at radius 3 is 2.57 bits per heavy atom.